The monoisotopic (exact) mass is 298 g/mol. The Morgan fingerprint density at radius 2 is 1.37 bits per heavy atom. The van der Waals surface area contributed by atoms with E-state index in [0.717, 1.165) is 16.2 Å². The molecule has 0 aliphatic heterocycles. The van der Waals surface area contributed by atoms with Gasteiger partial charge in [-0.15, -0.1) is 0 Å². The molecule has 0 bridgehead atoms. The minimum atomic E-state index is -4.22. The van der Waals surface area contributed by atoms with Crippen LogP contribution < -0.4 is 51.4 Å². The summed E-state index contributed by atoms with van der Waals surface area (Å²) in [6, 6.07) is 16.2. The van der Waals surface area contributed by atoms with Crippen LogP contribution in [0.3, 0.4) is 0 Å². The molecule has 19 heavy (non-hydrogen) atoms. The molecule has 1 N–H and O–H groups in total. The predicted molar refractivity (Wildman–Crippen MR) is 72.4 cm³/mol. The fourth-order valence-electron chi connectivity index (χ4n) is 2.23. The molecule has 0 radical (unpaired) electrons. The average molecular weight is 298 g/mol. The summed E-state index contributed by atoms with van der Waals surface area (Å²) >= 11 is 0. The van der Waals surface area contributed by atoms with Gasteiger partial charge >= 0.3 is 51.4 Å². The number of benzene rings is 3. The van der Waals surface area contributed by atoms with Gasteiger partial charge in [-0.2, -0.15) is 8.42 Å². The van der Waals surface area contributed by atoms with Crippen LogP contribution >= 0.6 is 0 Å². The summed E-state index contributed by atoms with van der Waals surface area (Å²) in [5.74, 6) is 0. The van der Waals surface area contributed by atoms with E-state index in [-0.39, 0.29) is 57.7 Å². The van der Waals surface area contributed by atoms with E-state index in [1.807, 2.05) is 36.4 Å². The molecule has 92 valence electrons. The normalized spacial score (nSPS) is 11.4. The molecule has 0 aliphatic rings. The largest absolute Gasteiger partial charge is 1.00 e. The summed E-state index contributed by atoms with van der Waals surface area (Å²) in [6.07, 6.45) is 0. The molecule has 0 unspecified atom stereocenters. The third-order valence-electron chi connectivity index (χ3n) is 3.01. The molecule has 0 aromatic heterocycles. The molecule has 3 nitrogen and oxygen atoms in total. The Hall–Kier alpha value is -0.274. The van der Waals surface area contributed by atoms with Crippen LogP contribution in [0.4, 0.5) is 0 Å². The summed E-state index contributed by atoms with van der Waals surface area (Å²) in [7, 11) is -4.22. The second kappa shape index (κ2) is 5.61. The van der Waals surface area contributed by atoms with Gasteiger partial charge in [0, 0.05) is 5.39 Å². The first-order chi connectivity index (χ1) is 8.57. The summed E-state index contributed by atoms with van der Waals surface area (Å²) in [4.78, 5) is -0.0446. The van der Waals surface area contributed by atoms with Crippen LogP contribution in [0, 0.1) is 0 Å². The molecule has 0 fully saturated rings. The first kappa shape index (κ1) is 15.1. The first-order valence-electron chi connectivity index (χ1n) is 5.45. The molecule has 0 saturated heterocycles. The van der Waals surface area contributed by atoms with Gasteiger partial charge in [0.05, 0.1) is 0 Å². The molecule has 0 saturated carbocycles. The van der Waals surface area contributed by atoms with Gasteiger partial charge in [0.15, 0.2) is 0 Å². The van der Waals surface area contributed by atoms with E-state index in [2.05, 4.69) is 0 Å². The van der Waals surface area contributed by atoms with E-state index in [9.17, 15) is 13.0 Å². The van der Waals surface area contributed by atoms with Crippen molar-refractivity contribution in [3.63, 3.8) is 0 Å². The predicted octanol–water partition coefficient (Wildman–Crippen LogP) is 0.356. The maximum atomic E-state index is 11.4. The Morgan fingerprint density at radius 3 is 2.00 bits per heavy atom. The van der Waals surface area contributed by atoms with Crippen LogP contribution in [0.2, 0.25) is 0 Å². The molecule has 0 spiro atoms. The first-order valence-corrected chi connectivity index (χ1v) is 6.89. The number of hydrogen-bond donors (Lipinski definition) is 1. The van der Waals surface area contributed by atoms with Crippen LogP contribution in [0.5, 0.6) is 0 Å². The smallest absolute Gasteiger partial charge is 1.00 e. The van der Waals surface area contributed by atoms with Gasteiger partial charge in [-0.1, -0.05) is 48.5 Å². The van der Waals surface area contributed by atoms with Crippen molar-refractivity contribution in [2.45, 2.75) is 4.90 Å². The van der Waals surface area contributed by atoms with Gasteiger partial charge in [-0.05, 0) is 22.2 Å². The molecule has 3 rings (SSSR count). The molecular formula is C14H11KO3S. The third-order valence-corrected chi connectivity index (χ3v) is 3.90. The molecule has 0 amide bonds. The van der Waals surface area contributed by atoms with Crippen molar-refractivity contribution >= 4 is 31.7 Å². The van der Waals surface area contributed by atoms with Crippen LogP contribution in [-0.2, 0) is 10.1 Å². The van der Waals surface area contributed by atoms with Crippen molar-refractivity contribution in [2.75, 3.05) is 0 Å². The van der Waals surface area contributed by atoms with E-state index in [1.54, 1.807) is 12.1 Å². The van der Waals surface area contributed by atoms with Gasteiger partial charge in [-0.25, -0.2) is 0 Å². The van der Waals surface area contributed by atoms with Gasteiger partial charge in [0.2, 0.25) is 0 Å². The summed E-state index contributed by atoms with van der Waals surface area (Å²) < 4.78 is 32.2. The summed E-state index contributed by atoms with van der Waals surface area (Å²) in [6.45, 7) is 0. The minimum Gasteiger partial charge on any atom is -1.00 e. The zero-order valence-corrected chi connectivity index (χ0v) is 14.3. The topological polar surface area (TPSA) is 54.4 Å². The fourth-order valence-corrected chi connectivity index (χ4v) is 2.97. The van der Waals surface area contributed by atoms with Crippen molar-refractivity contribution in [1.29, 1.82) is 0 Å². The molecule has 0 atom stereocenters. The third kappa shape index (κ3) is 2.78. The number of rotatable bonds is 1. The zero-order chi connectivity index (χ0) is 12.8. The van der Waals surface area contributed by atoms with Gasteiger partial charge < -0.3 is 1.43 Å². The van der Waals surface area contributed by atoms with Crippen LogP contribution in [0.1, 0.15) is 1.43 Å². The van der Waals surface area contributed by atoms with Crippen LogP contribution in [0.25, 0.3) is 21.5 Å². The average Bonchev–Trinajstić information content (AvgIpc) is 2.37. The zero-order valence-electron chi connectivity index (χ0n) is 11.4. The molecule has 0 aliphatic carbocycles. The molecule has 3 aromatic carbocycles. The maximum absolute atomic E-state index is 11.4. The summed E-state index contributed by atoms with van der Waals surface area (Å²) in [5.41, 5.74) is 0. The second-order valence-corrected chi connectivity index (χ2v) is 5.51. The molecule has 5 heteroatoms. The van der Waals surface area contributed by atoms with Crippen LogP contribution in [0.15, 0.2) is 59.5 Å². The van der Waals surface area contributed by atoms with E-state index in [1.165, 1.54) is 6.07 Å². The van der Waals surface area contributed by atoms with E-state index in [4.69, 9.17) is 0 Å². The van der Waals surface area contributed by atoms with Crippen molar-refractivity contribution in [1.82, 2.24) is 0 Å². The summed E-state index contributed by atoms with van der Waals surface area (Å²) in [5, 5.41) is 3.13. The minimum absolute atomic E-state index is 0. The molecule has 3 aromatic rings. The molecule has 0 heterocycles. The van der Waals surface area contributed by atoms with Crippen molar-refractivity contribution in [2.24, 2.45) is 0 Å². The Bertz CT molecular complexity index is 863. The molecular weight excluding hydrogens is 287 g/mol. The number of fused-ring (bicyclic) bond motifs is 3. The Morgan fingerprint density at radius 1 is 0.842 bits per heavy atom. The fraction of sp³-hybridized carbons (Fsp3) is 0. The van der Waals surface area contributed by atoms with Gasteiger partial charge in [-0.3, -0.25) is 4.55 Å². The van der Waals surface area contributed by atoms with Crippen LogP contribution in [-0.4, -0.2) is 13.0 Å². The van der Waals surface area contributed by atoms with E-state index in [0.29, 0.717) is 5.39 Å². The van der Waals surface area contributed by atoms with Crippen molar-refractivity contribution < 1.29 is 65.8 Å². The van der Waals surface area contributed by atoms with E-state index >= 15 is 0 Å². The van der Waals surface area contributed by atoms with Crippen molar-refractivity contribution in [3.8, 4) is 0 Å². The quantitative estimate of drug-likeness (QED) is 0.401. The van der Waals surface area contributed by atoms with Gasteiger partial charge in [0.25, 0.3) is 10.1 Å². The second-order valence-electron chi connectivity index (χ2n) is 4.12. The SMILES string of the molecule is O=S(=O)(O)c1cc2ccccc2c2ccccc12.[H-].[K+]. The Balaban J connectivity index is 0.000001000. The van der Waals surface area contributed by atoms with E-state index < -0.39 is 10.1 Å². The number of hydrogen-bond acceptors (Lipinski definition) is 2. The maximum Gasteiger partial charge on any atom is 1.00 e. The van der Waals surface area contributed by atoms with Gasteiger partial charge in [0.1, 0.15) is 4.90 Å². The Kier molecular flexibility index (Phi) is 4.47. The van der Waals surface area contributed by atoms with Crippen molar-refractivity contribution in [3.05, 3.63) is 54.6 Å². The Labute approximate surface area is 155 Å². The standard InChI is InChI=1S/C14H10O3S.K.H/c15-18(16,17)14-9-10-5-1-2-6-11(10)12-7-3-4-8-13(12)14;;/h1-9H,(H,15,16,17);;/q;+1;-1.